The summed E-state index contributed by atoms with van der Waals surface area (Å²) in [4.78, 5) is 23.4. The van der Waals surface area contributed by atoms with Crippen LogP contribution in [-0.4, -0.2) is 19.0 Å². The molecule has 1 atom stereocenters. The third kappa shape index (κ3) is 2.52. The molecule has 0 amide bonds. The Bertz CT molecular complexity index is 691. The molecule has 4 heteroatoms. The highest BCUT2D eigenvalue weighted by Crippen LogP contribution is 2.39. The van der Waals surface area contributed by atoms with Crippen LogP contribution in [0.15, 0.2) is 48.5 Å². The summed E-state index contributed by atoms with van der Waals surface area (Å²) in [6, 6.07) is 14.7. The van der Waals surface area contributed by atoms with Crippen LogP contribution in [-0.2, 0) is 9.53 Å². The second-order valence-electron chi connectivity index (χ2n) is 4.89. The Kier molecular flexibility index (Phi) is 3.44. The maximum absolute atomic E-state index is 11.8. The number of carbonyl (C=O) groups excluding carboxylic acids is 2. The van der Waals surface area contributed by atoms with E-state index in [1.807, 2.05) is 30.3 Å². The van der Waals surface area contributed by atoms with Gasteiger partial charge in [0.2, 0.25) is 0 Å². The fourth-order valence-electron chi connectivity index (χ4n) is 2.58. The first-order chi connectivity index (χ1) is 10.2. The van der Waals surface area contributed by atoms with Crippen molar-refractivity contribution in [3.8, 4) is 5.75 Å². The summed E-state index contributed by atoms with van der Waals surface area (Å²) >= 11 is 0. The van der Waals surface area contributed by atoms with E-state index < -0.39 is 5.97 Å². The maximum atomic E-state index is 11.8. The van der Waals surface area contributed by atoms with Crippen LogP contribution in [0.4, 0.5) is 0 Å². The quantitative estimate of drug-likeness (QED) is 0.627. The number of esters is 2. The normalized spacial score (nSPS) is 16.8. The number of benzene rings is 2. The molecule has 0 aromatic heterocycles. The summed E-state index contributed by atoms with van der Waals surface area (Å²) in [5, 5.41) is 0. The van der Waals surface area contributed by atoms with Gasteiger partial charge in [-0.1, -0.05) is 30.3 Å². The molecule has 3 rings (SSSR count). The number of ether oxygens (including phenoxy) is 2. The van der Waals surface area contributed by atoms with Gasteiger partial charge in [-0.3, -0.25) is 4.79 Å². The fourth-order valence-corrected chi connectivity index (χ4v) is 2.58. The van der Waals surface area contributed by atoms with E-state index in [9.17, 15) is 9.59 Å². The minimum Gasteiger partial charge on any atom is -0.465 e. The van der Waals surface area contributed by atoms with Gasteiger partial charge in [0.15, 0.2) is 0 Å². The lowest BCUT2D eigenvalue weighted by atomic mass is 9.85. The lowest BCUT2D eigenvalue weighted by molar-refractivity contribution is -0.135. The van der Waals surface area contributed by atoms with E-state index in [4.69, 9.17) is 9.47 Å². The van der Waals surface area contributed by atoms with Crippen molar-refractivity contribution in [1.29, 1.82) is 0 Å². The van der Waals surface area contributed by atoms with Gasteiger partial charge in [-0.05, 0) is 23.8 Å². The van der Waals surface area contributed by atoms with Crippen molar-refractivity contribution in [3.05, 3.63) is 65.2 Å². The molecule has 1 aliphatic heterocycles. The molecule has 0 saturated carbocycles. The molecular formula is C17H14O4. The average molecular weight is 282 g/mol. The summed E-state index contributed by atoms with van der Waals surface area (Å²) in [5.41, 5.74) is 2.32. The zero-order valence-corrected chi connectivity index (χ0v) is 11.5. The Morgan fingerprint density at radius 1 is 1.19 bits per heavy atom. The van der Waals surface area contributed by atoms with Crippen LogP contribution in [0.5, 0.6) is 5.75 Å². The Balaban J connectivity index is 2.09. The van der Waals surface area contributed by atoms with Crippen LogP contribution in [0.1, 0.15) is 33.8 Å². The van der Waals surface area contributed by atoms with Crippen LogP contribution in [0.2, 0.25) is 0 Å². The molecule has 2 aromatic carbocycles. The van der Waals surface area contributed by atoms with Crippen molar-refractivity contribution in [2.45, 2.75) is 12.3 Å². The van der Waals surface area contributed by atoms with E-state index in [0.29, 0.717) is 11.3 Å². The van der Waals surface area contributed by atoms with E-state index in [-0.39, 0.29) is 18.3 Å². The predicted molar refractivity (Wildman–Crippen MR) is 76.3 cm³/mol. The summed E-state index contributed by atoms with van der Waals surface area (Å²) in [6.45, 7) is 0. The lowest BCUT2D eigenvalue weighted by Crippen LogP contribution is -2.21. The first-order valence-electron chi connectivity index (χ1n) is 6.67. The molecule has 2 aromatic rings. The Morgan fingerprint density at radius 2 is 1.95 bits per heavy atom. The molecule has 0 aliphatic carbocycles. The minimum atomic E-state index is -0.401. The van der Waals surface area contributed by atoms with Gasteiger partial charge in [-0.25, -0.2) is 4.79 Å². The summed E-state index contributed by atoms with van der Waals surface area (Å²) in [7, 11) is 1.34. The van der Waals surface area contributed by atoms with Gasteiger partial charge >= 0.3 is 11.9 Å². The maximum Gasteiger partial charge on any atom is 0.337 e. The van der Waals surface area contributed by atoms with E-state index in [0.717, 1.165) is 11.1 Å². The molecule has 0 saturated heterocycles. The molecular weight excluding hydrogens is 268 g/mol. The third-order valence-corrected chi connectivity index (χ3v) is 3.60. The molecule has 0 N–H and O–H groups in total. The van der Waals surface area contributed by atoms with Crippen LogP contribution in [0, 0.1) is 0 Å². The lowest BCUT2D eigenvalue weighted by Gasteiger charge is -2.25. The molecule has 0 fully saturated rings. The highest BCUT2D eigenvalue weighted by Gasteiger charge is 2.29. The van der Waals surface area contributed by atoms with E-state index in [1.165, 1.54) is 7.11 Å². The smallest absolute Gasteiger partial charge is 0.337 e. The van der Waals surface area contributed by atoms with Crippen LogP contribution >= 0.6 is 0 Å². The number of hydrogen-bond acceptors (Lipinski definition) is 4. The highest BCUT2D eigenvalue weighted by atomic mass is 16.5. The van der Waals surface area contributed by atoms with Gasteiger partial charge in [-0.2, -0.15) is 0 Å². The topological polar surface area (TPSA) is 52.6 Å². The standard InChI is InChI=1S/C17H14O4/c1-20-17(19)12-7-8-15-14(9-12)13(10-16(18)21-15)11-5-3-2-4-6-11/h2-9,13H,10H2,1H3/t13-/m0/s1. The van der Waals surface area contributed by atoms with Crippen molar-refractivity contribution in [1.82, 2.24) is 0 Å². The molecule has 1 heterocycles. The van der Waals surface area contributed by atoms with E-state index >= 15 is 0 Å². The predicted octanol–water partition coefficient (Wildman–Crippen LogP) is 2.91. The number of fused-ring (bicyclic) bond motifs is 1. The minimum absolute atomic E-state index is 0.105. The number of carbonyl (C=O) groups is 2. The van der Waals surface area contributed by atoms with E-state index in [2.05, 4.69) is 0 Å². The second kappa shape index (κ2) is 5.40. The van der Waals surface area contributed by atoms with E-state index in [1.54, 1.807) is 18.2 Å². The third-order valence-electron chi connectivity index (χ3n) is 3.60. The van der Waals surface area contributed by atoms with Gasteiger partial charge < -0.3 is 9.47 Å². The Labute approximate surface area is 122 Å². The average Bonchev–Trinajstić information content (AvgIpc) is 2.53. The summed E-state index contributed by atoms with van der Waals surface area (Å²) in [6.07, 6.45) is 0.266. The zero-order valence-electron chi connectivity index (χ0n) is 11.5. The highest BCUT2D eigenvalue weighted by molar-refractivity contribution is 5.90. The first kappa shape index (κ1) is 13.4. The zero-order chi connectivity index (χ0) is 14.8. The molecule has 0 radical (unpaired) electrons. The van der Waals surface area contributed by atoms with Crippen LogP contribution in [0.25, 0.3) is 0 Å². The molecule has 0 bridgehead atoms. The van der Waals surface area contributed by atoms with Crippen molar-refractivity contribution < 1.29 is 19.1 Å². The summed E-state index contributed by atoms with van der Waals surface area (Å²) in [5.74, 6) is -0.261. The number of rotatable bonds is 2. The van der Waals surface area contributed by atoms with Crippen molar-refractivity contribution in [2.24, 2.45) is 0 Å². The first-order valence-corrected chi connectivity index (χ1v) is 6.67. The second-order valence-corrected chi connectivity index (χ2v) is 4.89. The molecule has 1 aliphatic rings. The summed E-state index contributed by atoms with van der Waals surface area (Å²) < 4.78 is 10.0. The number of methoxy groups -OCH3 is 1. The van der Waals surface area contributed by atoms with Gasteiger partial charge in [0.25, 0.3) is 0 Å². The largest absolute Gasteiger partial charge is 0.465 e. The molecule has 4 nitrogen and oxygen atoms in total. The Morgan fingerprint density at radius 3 is 2.67 bits per heavy atom. The van der Waals surface area contributed by atoms with Gasteiger partial charge in [-0.15, -0.1) is 0 Å². The monoisotopic (exact) mass is 282 g/mol. The molecule has 106 valence electrons. The van der Waals surface area contributed by atoms with Crippen molar-refractivity contribution in [3.63, 3.8) is 0 Å². The van der Waals surface area contributed by atoms with Crippen LogP contribution in [0.3, 0.4) is 0 Å². The Hall–Kier alpha value is -2.62. The van der Waals surface area contributed by atoms with Crippen molar-refractivity contribution in [2.75, 3.05) is 7.11 Å². The van der Waals surface area contributed by atoms with Gasteiger partial charge in [0, 0.05) is 11.5 Å². The number of hydrogen-bond donors (Lipinski definition) is 0. The molecule has 0 unspecified atom stereocenters. The SMILES string of the molecule is COC(=O)c1ccc2c(c1)[C@H](c1ccccc1)CC(=O)O2. The van der Waals surface area contributed by atoms with Crippen molar-refractivity contribution >= 4 is 11.9 Å². The fraction of sp³-hybridized carbons (Fsp3) is 0.176. The molecule has 0 spiro atoms. The molecule has 21 heavy (non-hydrogen) atoms. The van der Waals surface area contributed by atoms with Crippen LogP contribution < -0.4 is 4.74 Å². The van der Waals surface area contributed by atoms with Gasteiger partial charge in [0.1, 0.15) is 5.75 Å². The van der Waals surface area contributed by atoms with Gasteiger partial charge in [0.05, 0.1) is 19.1 Å².